The molecule has 0 radical (unpaired) electrons. The number of allylic oxidation sites excluding steroid dienone is 1. The van der Waals surface area contributed by atoms with Crippen LogP contribution in [0.15, 0.2) is 53.4 Å². The Labute approximate surface area is 154 Å². The predicted octanol–water partition coefficient (Wildman–Crippen LogP) is 3.59. The number of halogens is 2. The molecule has 0 aliphatic carbocycles. The van der Waals surface area contributed by atoms with Crippen LogP contribution in [0.1, 0.15) is 29.9 Å². The molecule has 6 nitrogen and oxygen atoms in total. The van der Waals surface area contributed by atoms with E-state index in [0.717, 1.165) is 0 Å². The Morgan fingerprint density at radius 3 is 2.77 bits per heavy atom. The summed E-state index contributed by atoms with van der Waals surface area (Å²) in [6.07, 6.45) is 3.04. The van der Waals surface area contributed by atoms with Gasteiger partial charge in [0.1, 0.15) is 22.8 Å². The van der Waals surface area contributed by atoms with Gasteiger partial charge in [-0.3, -0.25) is 4.79 Å². The first kappa shape index (κ1) is 17.9. The van der Waals surface area contributed by atoms with Crippen molar-refractivity contribution in [2.45, 2.75) is 19.4 Å². The third-order valence-corrected chi connectivity index (χ3v) is 4.05. The van der Waals surface area contributed by atoms with Crippen LogP contribution in [0.5, 0.6) is 0 Å². The van der Waals surface area contributed by atoms with E-state index in [1.54, 1.807) is 26.0 Å². The number of ether oxygens (including phenoxy) is 1. The quantitative estimate of drug-likeness (QED) is 0.859. The van der Waals surface area contributed by atoms with Gasteiger partial charge in [0.2, 0.25) is 0 Å². The Bertz CT molecular complexity index is 907. The molecule has 1 aromatic heterocycles. The number of amidine groups is 1. The van der Waals surface area contributed by atoms with Crippen LogP contribution in [0.25, 0.3) is 0 Å². The molecule has 3 N–H and O–H groups in total. The Hall–Kier alpha value is -2.93. The number of carbonyl (C=O) groups is 1. The number of hydrogen-bond donors (Lipinski definition) is 2. The zero-order valence-electron chi connectivity index (χ0n) is 14.1. The molecular formula is C18H16ClFN4O2. The molecule has 134 valence electrons. The number of hydrogen-bond acceptors (Lipinski definition) is 5. The van der Waals surface area contributed by atoms with Crippen LogP contribution >= 0.6 is 11.6 Å². The molecule has 0 unspecified atom stereocenters. The lowest BCUT2D eigenvalue weighted by atomic mass is 9.90. The summed E-state index contributed by atoms with van der Waals surface area (Å²) in [6.45, 7) is 3.41. The zero-order valence-corrected chi connectivity index (χ0v) is 14.8. The lowest BCUT2D eigenvalue weighted by Crippen LogP contribution is -2.30. The van der Waals surface area contributed by atoms with E-state index in [1.807, 2.05) is 0 Å². The lowest BCUT2D eigenvalue weighted by Gasteiger charge is -2.27. The normalized spacial score (nSPS) is 19.2. The van der Waals surface area contributed by atoms with Gasteiger partial charge >= 0.3 is 0 Å². The van der Waals surface area contributed by atoms with E-state index in [1.165, 1.54) is 30.5 Å². The fourth-order valence-corrected chi connectivity index (χ4v) is 2.82. The molecule has 1 atom stereocenters. The Morgan fingerprint density at radius 1 is 1.35 bits per heavy atom. The molecule has 0 saturated heterocycles. The fourth-order valence-electron chi connectivity index (χ4n) is 2.71. The minimum atomic E-state index is -1.05. The van der Waals surface area contributed by atoms with E-state index >= 15 is 0 Å². The van der Waals surface area contributed by atoms with Gasteiger partial charge in [-0.1, -0.05) is 11.6 Å². The Morgan fingerprint density at radius 2 is 2.12 bits per heavy atom. The average molecular weight is 375 g/mol. The predicted molar refractivity (Wildman–Crippen MR) is 97.4 cm³/mol. The second-order valence-corrected chi connectivity index (χ2v) is 6.40. The van der Waals surface area contributed by atoms with E-state index in [4.69, 9.17) is 22.1 Å². The van der Waals surface area contributed by atoms with Crippen LogP contribution in [-0.2, 0) is 10.3 Å². The van der Waals surface area contributed by atoms with Crippen LogP contribution in [0.2, 0.25) is 5.02 Å². The number of nitrogens with one attached hydrogen (secondary N) is 1. The van der Waals surface area contributed by atoms with Crippen LogP contribution in [0.4, 0.5) is 10.1 Å². The van der Waals surface area contributed by atoms with Gasteiger partial charge in [-0.25, -0.2) is 14.4 Å². The van der Waals surface area contributed by atoms with Crippen LogP contribution in [0, 0.1) is 5.82 Å². The van der Waals surface area contributed by atoms with Crippen molar-refractivity contribution in [1.29, 1.82) is 0 Å². The molecule has 26 heavy (non-hydrogen) atoms. The molecule has 0 spiro atoms. The van der Waals surface area contributed by atoms with Gasteiger partial charge in [0.05, 0.1) is 5.02 Å². The third-order valence-electron chi connectivity index (χ3n) is 3.82. The first-order valence-electron chi connectivity index (χ1n) is 7.72. The first-order valence-corrected chi connectivity index (χ1v) is 8.10. The average Bonchev–Trinajstić information content (AvgIpc) is 2.55. The van der Waals surface area contributed by atoms with Gasteiger partial charge in [-0.2, -0.15) is 0 Å². The van der Waals surface area contributed by atoms with Crippen molar-refractivity contribution >= 4 is 29.2 Å². The number of aromatic nitrogens is 1. The Kier molecular flexibility index (Phi) is 4.65. The number of amides is 1. The van der Waals surface area contributed by atoms with E-state index in [9.17, 15) is 9.18 Å². The molecule has 0 fully saturated rings. The highest BCUT2D eigenvalue weighted by atomic mass is 35.5. The monoisotopic (exact) mass is 374 g/mol. The van der Waals surface area contributed by atoms with E-state index < -0.39 is 17.3 Å². The number of benzene rings is 1. The maximum absolute atomic E-state index is 14.4. The van der Waals surface area contributed by atoms with Gasteiger partial charge in [-0.05, 0) is 50.3 Å². The minimum absolute atomic E-state index is 0.0493. The highest BCUT2D eigenvalue weighted by Gasteiger charge is 2.31. The van der Waals surface area contributed by atoms with E-state index in [0.29, 0.717) is 16.5 Å². The molecule has 2 aromatic rings. The van der Waals surface area contributed by atoms with Gasteiger partial charge in [0.25, 0.3) is 11.9 Å². The molecule has 0 saturated carbocycles. The number of rotatable bonds is 3. The molecule has 1 aliphatic heterocycles. The lowest BCUT2D eigenvalue weighted by molar-refractivity contribution is 0.102. The molecule has 2 heterocycles. The summed E-state index contributed by atoms with van der Waals surface area (Å²) in [5, 5.41) is 3.11. The smallest absolute Gasteiger partial charge is 0.288 e. The van der Waals surface area contributed by atoms with Crippen molar-refractivity contribution < 1.29 is 13.9 Å². The highest BCUT2D eigenvalue weighted by Crippen LogP contribution is 2.34. The second kappa shape index (κ2) is 6.76. The standard InChI is InChI=1S/C18H16ClFN4O2/c1-10-8-18(2,24-17(21)26-10)13-7-12(4-5-14(13)20)23-16(25)15-6-3-11(19)9-22-15/h3-9H,1-2H3,(H2,21,24)(H,23,25)/t18-/m0/s1. The van der Waals surface area contributed by atoms with Crippen LogP contribution < -0.4 is 11.1 Å². The summed E-state index contributed by atoms with van der Waals surface area (Å²) < 4.78 is 19.6. The van der Waals surface area contributed by atoms with Crippen molar-refractivity contribution in [3.05, 3.63) is 70.5 Å². The van der Waals surface area contributed by atoms with Crippen molar-refractivity contribution in [3.63, 3.8) is 0 Å². The van der Waals surface area contributed by atoms with Crippen molar-refractivity contribution in [2.24, 2.45) is 10.7 Å². The Balaban J connectivity index is 1.92. The van der Waals surface area contributed by atoms with Gasteiger partial charge in [0.15, 0.2) is 0 Å². The third kappa shape index (κ3) is 3.67. The maximum atomic E-state index is 14.4. The van der Waals surface area contributed by atoms with Crippen molar-refractivity contribution in [3.8, 4) is 0 Å². The highest BCUT2D eigenvalue weighted by molar-refractivity contribution is 6.30. The number of pyridine rings is 1. The number of anilines is 1. The minimum Gasteiger partial charge on any atom is -0.431 e. The van der Waals surface area contributed by atoms with E-state index in [-0.39, 0.29) is 17.3 Å². The van der Waals surface area contributed by atoms with Crippen molar-refractivity contribution in [1.82, 2.24) is 4.98 Å². The van der Waals surface area contributed by atoms with Crippen molar-refractivity contribution in [2.75, 3.05) is 5.32 Å². The number of nitrogens with zero attached hydrogens (tertiary/aromatic N) is 2. The molecule has 0 bridgehead atoms. The molecular weight excluding hydrogens is 359 g/mol. The second-order valence-electron chi connectivity index (χ2n) is 5.97. The SMILES string of the molecule is CC1=C[C@@](C)(c2cc(NC(=O)c3ccc(Cl)cn3)ccc2F)N=C(N)O1. The molecule has 1 aromatic carbocycles. The summed E-state index contributed by atoms with van der Waals surface area (Å²) >= 11 is 5.77. The topological polar surface area (TPSA) is 89.6 Å². The summed E-state index contributed by atoms with van der Waals surface area (Å²) in [4.78, 5) is 20.4. The summed E-state index contributed by atoms with van der Waals surface area (Å²) in [6, 6.07) is 7.24. The van der Waals surface area contributed by atoms with Crippen LogP contribution in [0.3, 0.4) is 0 Å². The fraction of sp³-hybridized carbons (Fsp3) is 0.167. The summed E-state index contributed by atoms with van der Waals surface area (Å²) in [5.41, 5.74) is 5.47. The molecule has 8 heteroatoms. The molecule has 1 aliphatic rings. The largest absolute Gasteiger partial charge is 0.431 e. The van der Waals surface area contributed by atoms with Gasteiger partial charge < -0.3 is 15.8 Å². The van der Waals surface area contributed by atoms with Crippen LogP contribution in [-0.4, -0.2) is 16.9 Å². The molecule has 3 rings (SSSR count). The molecule has 1 amide bonds. The number of carbonyl (C=O) groups excluding carboxylic acids is 1. The summed E-state index contributed by atoms with van der Waals surface area (Å²) in [7, 11) is 0. The first-order chi connectivity index (χ1) is 12.3. The maximum Gasteiger partial charge on any atom is 0.288 e. The summed E-state index contributed by atoms with van der Waals surface area (Å²) in [5.74, 6) is -0.400. The van der Waals surface area contributed by atoms with E-state index in [2.05, 4.69) is 15.3 Å². The number of aliphatic imine (C=N–C) groups is 1. The van der Waals surface area contributed by atoms with Gasteiger partial charge in [-0.15, -0.1) is 0 Å². The number of nitrogens with two attached hydrogens (primary N) is 1. The zero-order chi connectivity index (χ0) is 18.9. The van der Waals surface area contributed by atoms with Gasteiger partial charge in [0, 0.05) is 17.4 Å².